The molecule has 0 bridgehead atoms. The Morgan fingerprint density at radius 3 is 2.87 bits per heavy atom. The molecule has 0 aromatic carbocycles. The predicted molar refractivity (Wildman–Crippen MR) is 89.0 cm³/mol. The van der Waals surface area contributed by atoms with Crippen LogP contribution in [0.5, 0.6) is 0 Å². The molecule has 2 aliphatic rings. The molecule has 23 heavy (non-hydrogen) atoms. The second-order valence-corrected chi connectivity index (χ2v) is 6.80. The first-order valence-corrected chi connectivity index (χ1v) is 8.66. The van der Waals surface area contributed by atoms with Gasteiger partial charge in [0.2, 0.25) is 5.91 Å². The highest BCUT2D eigenvalue weighted by Gasteiger charge is 2.38. The molecule has 1 amide bonds. The summed E-state index contributed by atoms with van der Waals surface area (Å²) in [6.45, 7) is 4.63. The van der Waals surface area contributed by atoms with Crippen LogP contribution in [-0.4, -0.2) is 50.3 Å². The SMILES string of the molecule is CC(=O)N1CCC[C@@H]1[C@H]1CCCN1Cc1cn2ccccc2n1. The average Bonchev–Trinajstić information content (AvgIpc) is 3.25. The lowest BCUT2D eigenvalue weighted by Gasteiger charge is -2.34. The van der Waals surface area contributed by atoms with Crippen LogP contribution in [0.2, 0.25) is 0 Å². The van der Waals surface area contributed by atoms with E-state index in [1.54, 1.807) is 6.92 Å². The average molecular weight is 312 g/mol. The normalized spacial score (nSPS) is 25.5. The highest BCUT2D eigenvalue weighted by Crippen LogP contribution is 2.31. The quantitative estimate of drug-likeness (QED) is 0.873. The summed E-state index contributed by atoms with van der Waals surface area (Å²) in [5.41, 5.74) is 2.12. The Kier molecular flexibility index (Phi) is 3.81. The van der Waals surface area contributed by atoms with E-state index in [2.05, 4.69) is 20.4 Å². The fourth-order valence-electron chi connectivity index (χ4n) is 4.34. The third-order valence-electron chi connectivity index (χ3n) is 5.34. The molecular formula is C18H24N4O. The first kappa shape index (κ1) is 14.7. The monoisotopic (exact) mass is 312 g/mol. The summed E-state index contributed by atoms with van der Waals surface area (Å²) in [7, 11) is 0. The zero-order chi connectivity index (χ0) is 15.8. The van der Waals surface area contributed by atoms with Crippen LogP contribution < -0.4 is 0 Å². The van der Waals surface area contributed by atoms with Crippen LogP contribution in [0, 0.1) is 0 Å². The number of imidazole rings is 1. The summed E-state index contributed by atoms with van der Waals surface area (Å²) in [6, 6.07) is 6.98. The van der Waals surface area contributed by atoms with Crippen molar-refractivity contribution in [1.82, 2.24) is 19.2 Å². The molecule has 2 aromatic rings. The Bertz CT molecular complexity index is 677. The maximum absolute atomic E-state index is 11.9. The summed E-state index contributed by atoms with van der Waals surface area (Å²) in [5.74, 6) is 0.229. The number of amides is 1. The zero-order valence-electron chi connectivity index (χ0n) is 13.7. The summed E-state index contributed by atoms with van der Waals surface area (Å²) in [4.78, 5) is 21.2. The lowest BCUT2D eigenvalue weighted by Crippen LogP contribution is -2.47. The van der Waals surface area contributed by atoms with Gasteiger partial charge in [0.25, 0.3) is 0 Å². The van der Waals surface area contributed by atoms with Crippen molar-refractivity contribution in [2.75, 3.05) is 13.1 Å². The molecular weight excluding hydrogens is 288 g/mol. The van der Waals surface area contributed by atoms with Crippen LogP contribution >= 0.6 is 0 Å². The number of fused-ring (bicyclic) bond motifs is 1. The maximum Gasteiger partial charge on any atom is 0.219 e. The summed E-state index contributed by atoms with van der Waals surface area (Å²) in [6.07, 6.45) is 8.88. The van der Waals surface area contributed by atoms with Crippen LogP contribution in [0.4, 0.5) is 0 Å². The van der Waals surface area contributed by atoms with Gasteiger partial charge in [-0.05, 0) is 44.4 Å². The van der Waals surface area contributed by atoms with Crippen molar-refractivity contribution in [2.45, 2.75) is 51.2 Å². The van der Waals surface area contributed by atoms with Gasteiger partial charge >= 0.3 is 0 Å². The van der Waals surface area contributed by atoms with Crippen molar-refractivity contribution in [2.24, 2.45) is 0 Å². The van der Waals surface area contributed by atoms with E-state index in [9.17, 15) is 4.79 Å². The lowest BCUT2D eigenvalue weighted by atomic mass is 10.0. The fraction of sp³-hybridized carbons (Fsp3) is 0.556. The van der Waals surface area contributed by atoms with E-state index >= 15 is 0 Å². The molecule has 5 nitrogen and oxygen atoms in total. The number of nitrogens with zero attached hydrogens (tertiary/aromatic N) is 4. The second-order valence-electron chi connectivity index (χ2n) is 6.80. The van der Waals surface area contributed by atoms with Crippen molar-refractivity contribution in [3.8, 4) is 0 Å². The van der Waals surface area contributed by atoms with Gasteiger partial charge in [0.05, 0.1) is 5.69 Å². The first-order chi connectivity index (χ1) is 11.2. The van der Waals surface area contributed by atoms with E-state index in [0.717, 1.165) is 43.8 Å². The minimum atomic E-state index is 0.229. The number of aromatic nitrogens is 2. The van der Waals surface area contributed by atoms with Crippen molar-refractivity contribution in [1.29, 1.82) is 0 Å². The van der Waals surface area contributed by atoms with Crippen LogP contribution in [0.3, 0.4) is 0 Å². The molecule has 2 aliphatic heterocycles. The molecule has 0 aliphatic carbocycles. The van der Waals surface area contributed by atoms with Crippen LogP contribution in [0.25, 0.3) is 5.65 Å². The van der Waals surface area contributed by atoms with Crippen LogP contribution in [0.15, 0.2) is 30.6 Å². The topological polar surface area (TPSA) is 40.9 Å². The Morgan fingerprint density at radius 1 is 1.22 bits per heavy atom. The molecule has 0 unspecified atom stereocenters. The van der Waals surface area contributed by atoms with E-state index < -0.39 is 0 Å². The van der Waals surface area contributed by atoms with Crippen LogP contribution in [0.1, 0.15) is 38.3 Å². The molecule has 2 atom stereocenters. The van der Waals surface area contributed by atoms with E-state index in [1.807, 2.05) is 24.4 Å². The Morgan fingerprint density at radius 2 is 2.04 bits per heavy atom. The summed E-state index contributed by atoms with van der Waals surface area (Å²) >= 11 is 0. The minimum absolute atomic E-state index is 0.229. The number of hydrogen-bond acceptors (Lipinski definition) is 3. The van der Waals surface area contributed by atoms with Gasteiger partial charge in [0, 0.05) is 44.5 Å². The van der Waals surface area contributed by atoms with Gasteiger partial charge < -0.3 is 9.30 Å². The second kappa shape index (κ2) is 5.96. The number of carbonyl (C=O) groups excluding carboxylic acids is 1. The minimum Gasteiger partial charge on any atom is -0.338 e. The van der Waals surface area contributed by atoms with E-state index in [1.165, 1.54) is 12.8 Å². The molecule has 122 valence electrons. The standard InChI is InChI=1S/C18H24N4O/c1-14(23)22-11-5-7-17(22)16-6-4-10-20(16)12-15-13-21-9-3-2-8-18(21)19-15/h2-3,8-9,13,16-17H,4-7,10-12H2,1H3/t16-,17-/m1/s1. The third kappa shape index (κ3) is 2.74. The smallest absolute Gasteiger partial charge is 0.219 e. The zero-order valence-corrected chi connectivity index (χ0v) is 13.7. The Hall–Kier alpha value is -1.88. The summed E-state index contributed by atoms with van der Waals surface area (Å²) < 4.78 is 2.08. The molecule has 0 radical (unpaired) electrons. The highest BCUT2D eigenvalue weighted by atomic mass is 16.2. The van der Waals surface area contributed by atoms with Crippen molar-refractivity contribution >= 4 is 11.6 Å². The van der Waals surface area contributed by atoms with Gasteiger partial charge in [-0.1, -0.05) is 6.07 Å². The molecule has 5 heteroatoms. The molecule has 4 rings (SSSR count). The largest absolute Gasteiger partial charge is 0.338 e. The molecule has 0 N–H and O–H groups in total. The molecule has 4 heterocycles. The van der Waals surface area contributed by atoms with Crippen molar-refractivity contribution in [3.05, 3.63) is 36.3 Å². The van der Waals surface area contributed by atoms with Crippen molar-refractivity contribution in [3.63, 3.8) is 0 Å². The molecule has 0 saturated carbocycles. The molecule has 0 spiro atoms. The lowest BCUT2D eigenvalue weighted by molar-refractivity contribution is -0.130. The fourth-order valence-corrected chi connectivity index (χ4v) is 4.34. The summed E-state index contributed by atoms with van der Waals surface area (Å²) in [5, 5.41) is 0. The van der Waals surface area contributed by atoms with E-state index in [4.69, 9.17) is 4.98 Å². The van der Waals surface area contributed by atoms with Gasteiger partial charge in [0.1, 0.15) is 5.65 Å². The molecule has 2 saturated heterocycles. The van der Waals surface area contributed by atoms with Gasteiger partial charge in [0.15, 0.2) is 0 Å². The van der Waals surface area contributed by atoms with E-state index in [-0.39, 0.29) is 5.91 Å². The van der Waals surface area contributed by atoms with Crippen molar-refractivity contribution < 1.29 is 4.79 Å². The Labute approximate surface area is 136 Å². The number of hydrogen-bond donors (Lipinski definition) is 0. The van der Waals surface area contributed by atoms with Gasteiger partial charge in [-0.3, -0.25) is 9.69 Å². The number of likely N-dealkylation sites (tertiary alicyclic amines) is 2. The number of rotatable bonds is 3. The highest BCUT2D eigenvalue weighted by molar-refractivity contribution is 5.74. The van der Waals surface area contributed by atoms with Crippen LogP contribution in [-0.2, 0) is 11.3 Å². The first-order valence-electron chi connectivity index (χ1n) is 8.66. The Balaban J connectivity index is 1.52. The predicted octanol–water partition coefficient (Wildman–Crippen LogP) is 2.31. The van der Waals surface area contributed by atoms with Gasteiger partial charge in [-0.25, -0.2) is 4.98 Å². The number of carbonyl (C=O) groups is 1. The number of pyridine rings is 1. The maximum atomic E-state index is 11.9. The van der Waals surface area contributed by atoms with Gasteiger partial charge in [-0.15, -0.1) is 0 Å². The molecule has 2 fully saturated rings. The van der Waals surface area contributed by atoms with E-state index in [0.29, 0.717) is 12.1 Å². The van der Waals surface area contributed by atoms with Gasteiger partial charge in [-0.2, -0.15) is 0 Å². The molecule has 2 aromatic heterocycles. The third-order valence-corrected chi connectivity index (χ3v) is 5.34.